The van der Waals surface area contributed by atoms with Crippen LogP contribution >= 0.6 is 0 Å². The summed E-state index contributed by atoms with van der Waals surface area (Å²) in [5.74, 6) is -0.0966. The van der Waals surface area contributed by atoms with Crippen LogP contribution < -0.4 is 5.32 Å². The summed E-state index contributed by atoms with van der Waals surface area (Å²) >= 11 is 0. The van der Waals surface area contributed by atoms with Crippen LogP contribution in [0.1, 0.15) is 34.1 Å². The maximum Gasteiger partial charge on any atom is 0.416 e. The first kappa shape index (κ1) is 19.7. The zero-order valence-corrected chi connectivity index (χ0v) is 15.5. The molecule has 8 nitrogen and oxygen atoms in total. The number of hydrogen-bond donors (Lipinski definition) is 1. The molecule has 11 heteroatoms. The Balaban J connectivity index is 1.46. The van der Waals surface area contributed by atoms with Gasteiger partial charge in [0.25, 0.3) is 5.91 Å². The Morgan fingerprint density at radius 2 is 1.93 bits per heavy atom. The molecule has 0 spiro atoms. The molecule has 154 valence electrons. The van der Waals surface area contributed by atoms with Crippen LogP contribution in [0.2, 0.25) is 0 Å². The average Bonchev–Trinajstić information content (AvgIpc) is 3.24. The number of nitrogens with one attached hydrogen (secondary N) is 1. The highest BCUT2D eigenvalue weighted by Gasteiger charge is 2.31. The van der Waals surface area contributed by atoms with Gasteiger partial charge in [0.05, 0.1) is 17.5 Å². The van der Waals surface area contributed by atoms with Gasteiger partial charge in [0.1, 0.15) is 11.5 Å². The Kier molecular flexibility index (Phi) is 5.25. The molecule has 0 bridgehead atoms. The van der Waals surface area contributed by atoms with Crippen molar-refractivity contribution < 1.29 is 18.0 Å². The molecule has 1 aliphatic heterocycles. The molecule has 4 heterocycles. The summed E-state index contributed by atoms with van der Waals surface area (Å²) in [5.41, 5.74) is 0.151. The van der Waals surface area contributed by atoms with E-state index in [4.69, 9.17) is 0 Å². The van der Waals surface area contributed by atoms with Crippen molar-refractivity contribution in [3.63, 3.8) is 0 Å². The molecule has 1 amide bonds. The third kappa shape index (κ3) is 4.34. The summed E-state index contributed by atoms with van der Waals surface area (Å²) in [7, 11) is 0. The standard InChI is InChI=1S/C19H16F3N7O/c20-19(21,22)13-1-4-25-16(9-13)28-18-26-5-2-14(27-18)12-3-8-29(11-12)17(30)15-10-23-6-7-24-15/h1-2,4-7,9-10,12H,3,8,11H2,(H,25,26,27,28). The highest BCUT2D eigenvalue weighted by atomic mass is 19.4. The minimum absolute atomic E-state index is 0.00662. The summed E-state index contributed by atoms with van der Waals surface area (Å²) in [6, 6.07) is 3.52. The number of carbonyl (C=O) groups excluding carboxylic acids is 1. The SMILES string of the molecule is O=C(c1cnccn1)N1CCC(c2ccnc(Nc3cc(C(F)(F)F)ccn3)n2)C1. The quantitative estimate of drug-likeness (QED) is 0.700. The molecule has 0 radical (unpaired) electrons. The molecule has 1 saturated heterocycles. The fraction of sp³-hybridized carbons (Fsp3) is 0.263. The number of alkyl halides is 3. The molecular formula is C19H16F3N7O. The lowest BCUT2D eigenvalue weighted by Crippen LogP contribution is -2.29. The fourth-order valence-electron chi connectivity index (χ4n) is 3.21. The maximum atomic E-state index is 12.9. The summed E-state index contributed by atoms with van der Waals surface area (Å²) in [6.45, 7) is 0.996. The average molecular weight is 415 g/mol. The normalized spacial score (nSPS) is 16.5. The van der Waals surface area contributed by atoms with Gasteiger partial charge in [0.15, 0.2) is 0 Å². The van der Waals surface area contributed by atoms with Crippen molar-refractivity contribution in [3.05, 3.63) is 66.1 Å². The minimum atomic E-state index is -4.47. The zero-order valence-electron chi connectivity index (χ0n) is 15.5. The lowest BCUT2D eigenvalue weighted by atomic mass is 10.1. The van der Waals surface area contributed by atoms with Crippen LogP contribution in [0.15, 0.2) is 49.2 Å². The first-order chi connectivity index (χ1) is 14.4. The van der Waals surface area contributed by atoms with Gasteiger partial charge in [0, 0.05) is 43.8 Å². The van der Waals surface area contributed by atoms with E-state index in [1.165, 1.54) is 24.8 Å². The van der Waals surface area contributed by atoms with Gasteiger partial charge in [-0.3, -0.25) is 9.78 Å². The first-order valence-corrected chi connectivity index (χ1v) is 9.08. The minimum Gasteiger partial charge on any atom is -0.337 e. The number of likely N-dealkylation sites (tertiary alicyclic amines) is 1. The Labute approximate surface area is 169 Å². The molecule has 4 rings (SSSR count). The summed E-state index contributed by atoms with van der Waals surface area (Å²) in [6.07, 6.45) is 3.20. The highest BCUT2D eigenvalue weighted by molar-refractivity contribution is 5.92. The molecule has 0 aromatic carbocycles. The second-order valence-electron chi connectivity index (χ2n) is 6.69. The molecule has 1 unspecified atom stereocenters. The summed E-state index contributed by atoms with van der Waals surface area (Å²) < 4.78 is 38.6. The van der Waals surface area contributed by atoms with E-state index in [1.54, 1.807) is 11.0 Å². The number of rotatable bonds is 4. The Morgan fingerprint density at radius 1 is 1.10 bits per heavy atom. The lowest BCUT2D eigenvalue weighted by Gasteiger charge is -2.16. The van der Waals surface area contributed by atoms with Crippen molar-refractivity contribution in [2.45, 2.75) is 18.5 Å². The molecule has 3 aromatic heterocycles. The van der Waals surface area contributed by atoms with Crippen LogP contribution in [0.25, 0.3) is 0 Å². The van der Waals surface area contributed by atoms with Gasteiger partial charge in [-0.15, -0.1) is 0 Å². The number of carbonyl (C=O) groups is 1. The topological polar surface area (TPSA) is 96.8 Å². The van der Waals surface area contributed by atoms with E-state index in [0.29, 0.717) is 25.2 Å². The van der Waals surface area contributed by atoms with E-state index < -0.39 is 11.7 Å². The van der Waals surface area contributed by atoms with Gasteiger partial charge in [-0.05, 0) is 24.6 Å². The van der Waals surface area contributed by atoms with Crippen molar-refractivity contribution in [1.29, 1.82) is 0 Å². The van der Waals surface area contributed by atoms with E-state index in [0.717, 1.165) is 18.3 Å². The van der Waals surface area contributed by atoms with Gasteiger partial charge >= 0.3 is 6.18 Å². The number of anilines is 2. The molecule has 1 N–H and O–H groups in total. The summed E-state index contributed by atoms with van der Waals surface area (Å²) in [4.78, 5) is 34.5. The molecular weight excluding hydrogens is 399 g/mol. The molecule has 30 heavy (non-hydrogen) atoms. The van der Waals surface area contributed by atoms with E-state index in [1.807, 2.05) is 0 Å². The van der Waals surface area contributed by atoms with E-state index >= 15 is 0 Å². The third-order valence-corrected chi connectivity index (χ3v) is 4.68. The van der Waals surface area contributed by atoms with E-state index in [9.17, 15) is 18.0 Å². The van der Waals surface area contributed by atoms with Crippen LogP contribution in [0, 0.1) is 0 Å². The van der Waals surface area contributed by atoms with Crippen LogP contribution in [-0.2, 0) is 6.18 Å². The van der Waals surface area contributed by atoms with Crippen molar-refractivity contribution in [1.82, 2.24) is 29.8 Å². The first-order valence-electron chi connectivity index (χ1n) is 9.08. The number of nitrogens with zero attached hydrogens (tertiary/aromatic N) is 6. The van der Waals surface area contributed by atoms with Crippen molar-refractivity contribution >= 4 is 17.7 Å². The molecule has 1 fully saturated rings. The monoisotopic (exact) mass is 415 g/mol. The third-order valence-electron chi connectivity index (χ3n) is 4.68. The predicted molar refractivity (Wildman–Crippen MR) is 99.8 cm³/mol. The van der Waals surface area contributed by atoms with Crippen LogP contribution in [0.3, 0.4) is 0 Å². The number of halogens is 3. The van der Waals surface area contributed by atoms with Crippen molar-refractivity contribution in [3.8, 4) is 0 Å². The van der Waals surface area contributed by atoms with E-state index in [-0.39, 0.29) is 29.3 Å². The van der Waals surface area contributed by atoms with Gasteiger partial charge in [0.2, 0.25) is 5.95 Å². The van der Waals surface area contributed by atoms with Gasteiger partial charge in [-0.1, -0.05) is 0 Å². The zero-order chi connectivity index (χ0) is 21.1. The van der Waals surface area contributed by atoms with Gasteiger partial charge in [-0.2, -0.15) is 13.2 Å². The van der Waals surface area contributed by atoms with Crippen LogP contribution in [-0.4, -0.2) is 48.8 Å². The van der Waals surface area contributed by atoms with Gasteiger partial charge < -0.3 is 10.2 Å². The van der Waals surface area contributed by atoms with Crippen molar-refractivity contribution in [2.24, 2.45) is 0 Å². The highest BCUT2D eigenvalue weighted by Crippen LogP contribution is 2.31. The van der Waals surface area contributed by atoms with Crippen LogP contribution in [0.5, 0.6) is 0 Å². The van der Waals surface area contributed by atoms with Crippen LogP contribution in [0.4, 0.5) is 24.9 Å². The molecule has 1 atom stereocenters. The number of amides is 1. The summed E-state index contributed by atoms with van der Waals surface area (Å²) in [5, 5.41) is 2.71. The molecule has 0 saturated carbocycles. The van der Waals surface area contributed by atoms with Crippen molar-refractivity contribution in [2.75, 3.05) is 18.4 Å². The smallest absolute Gasteiger partial charge is 0.337 e. The second kappa shape index (κ2) is 8.01. The fourth-order valence-corrected chi connectivity index (χ4v) is 3.21. The number of aromatic nitrogens is 5. The lowest BCUT2D eigenvalue weighted by molar-refractivity contribution is -0.137. The number of pyridine rings is 1. The van der Waals surface area contributed by atoms with E-state index in [2.05, 4.69) is 30.2 Å². The molecule has 0 aliphatic carbocycles. The molecule has 1 aliphatic rings. The Hall–Kier alpha value is -3.63. The largest absolute Gasteiger partial charge is 0.416 e. The second-order valence-corrected chi connectivity index (χ2v) is 6.69. The molecule has 3 aromatic rings. The predicted octanol–water partition coefficient (Wildman–Crippen LogP) is 3.05. The number of hydrogen-bond acceptors (Lipinski definition) is 7. The Morgan fingerprint density at radius 3 is 2.70 bits per heavy atom. The Bertz CT molecular complexity index is 1050. The maximum absolute atomic E-state index is 12.9. The van der Waals surface area contributed by atoms with Gasteiger partial charge in [-0.25, -0.2) is 19.9 Å².